The van der Waals surface area contributed by atoms with Gasteiger partial charge in [-0.25, -0.2) is 0 Å². The first-order chi connectivity index (χ1) is 11.5. The quantitative estimate of drug-likeness (QED) is 0.843. The molecule has 1 aromatic carbocycles. The average molecular weight is 330 g/mol. The number of hydrogen-bond acceptors (Lipinski definition) is 3. The normalized spacial score (nSPS) is 25.2. The molecule has 3 rings (SSSR count). The lowest BCUT2D eigenvalue weighted by Gasteiger charge is -2.40. The van der Waals surface area contributed by atoms with E-state index in [1.165, 1.54) is 12.0 Å². The molecule has 0 unspecified atom stereocenters. The average Bonchev–Trinajstić information content (AvgIpc) is 2.51. The Kier molecular flexibility index (Phi) is 5.26. The summed E-state index contributed by atoms with van der Waals surface area (Å²) in [5.74, 6) is 0.395. The minimum Gasteiger partial charge on any atom is -0.379 e. The van der Waals surface area contributed by atoms with Gasteiger partial charge in [0.1, 0.15) is 0 Å². The fourth-order valence-electron chi connectivity index (χ4n) is 3.53. The number of hydrogen-bond donors (Lipinski definition) is 2. The van der Waals surface area contributed by atoms with E-state index in [-0.39, 0.29) is 5.91 Å². The highest BCUT2D eigenvalue weighted by atomic mass is 16.3. The smallest absolute Gasteiger partial charge is 0.256 e. The van der Waals surface area contributed by atoms with E-state index in [9.17, 15) is 9.90 Å². The van der Waals surface area contributed by atoms with Crippen LogP contribution in [0.2, 0.25) is 0 Å². The second-order valence-electron chi connectivity index (χ2n) is 7.77. The summed E-state index contributed by atoms with van der Waals surface area (Å²) in [6.07, 6.45) is 5.00. The standard InChI is InChI=1S/C20H30N2O2/c1-15(2)17-9-7-16(8-10-17)13-22-12-4-11-20(24,19(22)23)14-21-18-5-3-6-18/h7-10,15,18,21,24H,3-6,11-14H2,1-2H3/t20-/m1/s1. The number of aliphatic hydroxyl groups is 1. The van der Waals surface area contributed by atoms with Gasteiger partial charge in [-0.2, -0.15) is 0 Å². The third kappa shape index (κ3) is 3.81. The van der Waals surface area contributed by atoms with Crippen LogP contribution in [0.15, 0.2) is 24.3 Å². The fourth-order valence-corrected chi connectivity index (χ4v) is 3.53. The van der Waals surface area contributed by atoms with Gasteiger partial charge in [-0.15, -0.1) is 0 Å². The summed E-state index contributed by atoms with van der Waals surface area (Å²) in [5.41, 5.74) is 1.21. The number of nitrogens with one attached hydrogen (secondary N) is 1. The maximum Gasteiger partial charge on any atom is 0.256 e. The van der Waals surface area contributed by atoms with Crippen LogP contribution in [-0.2, 0) is 11.3 Å². The summed E-state index contributed by atoms with van der Waals surface area (Å²) in [6, 6.07) is 8.96. The summed E-state index contributed by atoms with van der Waals surface area (Å²) >= 11 is 0. The van der Waals surface area contributed by atoms with Crippen molar-refractivity contribution in [2.24, 2.45) is 0 Å². The van der Waals surface area contributed by atoms with Gasteiger partial charge in [-0.1, -0.05) is 44.5 Å². The zero-order chi connectivity index (χ0) is 17.2. The SMILES string of the molecule is CC(C)c1ccc(CN2CCC[C@@](O)(CNC3CCC3)C2=O)cc1. The summed E-state index contributed by atoms with van der Waals surface area (Å²) < 4.78 is 0. The van der Waals surface area contributed by atoms with Crippen LogP contribution in [0.5, 0.6) is 0 Å². The van der Waals surface area contributed by atoms with Crippen LogP contribution in [-0.4, -0.2) is 40.6 Å². The third-order valence-electron chi connectivity index (χ3n) is 5.51. The highest BCUT2D eigenvalue weighted by Crippen LogP contribution is 2.26. The molecule has 1 aliphatic heterocycles. The zero-order valence-electron chi connectivity index (χ0n) is 14.9. The Bertz CT molecular complexity index is 566. The Morgan fingerprint density at radius 3 is 2.54 bits per heavy atom. The minimum absolute atomic E-state index is 0.117. The van der Waals surface area contributed by atoms with E-state index in [1.54, 1.807) is 0 Å². The van der Waals surface area contributed by atoms with Gasteiger partial charge < -0.3 is 15.3 Å². The number of amides is 1. The molecule has 1 saturated carbocycles. The van der Waals surface area contributed by atoms with Crippen molar-refractivity contribution in [2.75, 3.05) is 13.1 Å². The van der Waals surface area contributed by atoms with Gasteiger partial charge in [0.15, 0.2) is 5.60 Å². The Morgan fingerprint density at radius 1 is 1.25 bits per heavy atom. The van der Waals surface area contributed by atoms with Crippen molar-refractivity contribution in [3.8, 4) is 0 Å². The number of benzene rings is 1. The van der Waals surface area contributed by atoms with Crippen molar-refractivity contribution in [2.45, 2.75) is 70.1 Å². The molecule has 0 aromatic heterocycles. The van der Waals surface area contributed by atoms with Gasteiger partial charge in [0, 0.05) is 25.7 Å². The van der Waals surface area contributed by atoms with E-state index in [0.717, 1.165) is 31.4 Å². The van der Waals surface area contributed by atoms with Crippen LogP contribution < -0.4 is 5.32 Å². The molecule has 1 aliphatic carbocycles. The highest BCUT2D eigenvalue weighted by Gasteiger charge is 2.42. The Labute approximate surface area is 145 Å². The van der Waals surface area contributed by atoms with Crippen molar-refractivity contribution < 1.29 is 9.90 Å². The Hall–Kier alpha value is -1.39. The number of nitrogens with zero attached hydrogens (tertiary/aromatic N) is 1. The van der Waals surface area contributed by atoms with E-state index in [2.05, 4.69) is 43.4 Å². The highest BCUT2D eigenvalue weighted by molar-refractivity contribution is 5.86. The van der Waals surface area contributed by atoms with Crippen LogP contribution in [0.3, 0.4) is 0 Å². The summed E-state index contributed by atoms with van der Waals surface area (Å²) in [5, 5.41) is 14.2. The lowest BCUT2D eigenvalue weighted by Crippen LogP contribution is -2.59. The Balaban J connectivity index is 1.61. The van der Waals surface area contributed by atoms with Crippen LogP contribution in [0.25, 0.3) is 0 Å². The van der Waals surface area contributed by atoms with Gasteiger partial charge >= 0.3 is 0 Å². The maximum atomic E-state index is 12.8. The predicted molar refractivity (Wildman–Crippen MR) is 95.8 cm³/mol. The van der Waals surface area contributed by atoms with Gasteiger partial charge in [0.25, 0.3) is 5.91 Å². The van der Waals surface area contributed by atoms with Crippen LogP contribution in [0, 0.1) is 0 Å². The van der Waals surface area contributed by atoms with E-state index in [4.69, 9.17) is 0 Å². The summed E-state index contributed by atoms with van der Waals surface area (Å²) in [6.45, 7) is 6.06. The molecule has 0 radical (unpaired) electrons. The minimum atomic E-state index is -1.23. The lowest BCUT2D eigenvalue weighted by molar-refractivity contribution is -0.157. The van der Waals surface area contributed by atoms with E-state index in [1.807, 2.05) is 4.90 Å². The van der Waals surface area contributed by atoms with E-state index < -0.39 is 5.60 Å². The molecule has 1 atom stereocenters. The monoisotopic (exact) mass is 330 g/mol. The van der Waals surface area contributed by atoms with Gasteiger partial charge in [0.05, 0.1) is 0 Å². The number of rotatable bonds is 6. The van der Waals surface area contributed by atoms with Gasteiger partial charge in [-0.3, -0.25) is 4.79 Å². The first-order valence-electron chi connectivity index (χ1n) is 9.32. The second-order valence-corrected chi connectivity index (χ2v) is 7.77. The third-order valence-corrected chi connectivity index (χ3v) is 5.51. The predicted octanol–water partition coefficient (Wildman–Crippen LogP) is 2.81. The van der Waals surface area contributed by atoms with Gasteiger partial charge in [0.2, 0.25) is 0 Å². The molecule has 1 aromatic rings. The molecule has 24 heavy (non-hydrogen) atoms. The van der Waals surface area contributed by atoms with E-state index >= 15 is 0 Å². The number of carbonyl (C=O) groups excluding carboxylic acids is 1. The molecule has 1 heterocycles. The summed E-state index contributed by atoms with van der Waals surface area (Å²) in [4.78, 5) is 14.6. The molecule has 2 aliphatic rings. The zero-order valence-corrected chi connectivity index (χ0v) is 14.9. The molecule has 1 saturated heterocycles. The first kappa shape index (κ1) is 17.4. The van der Waals surface area contributed by atoms with Crippen molar-refractivity contribution >= 4 is 5.91 Å². The molecular weight excluding hydrogens is 300 g/mol. The van der Waals surface area contributed by atoms with Gasteiger partial charge in [-0.05, 0) is 42.7 Å². The molecule has 0 spiro atoms. The Morgan fingerprint density at radius 2 is 1.96 bits per heavy atom. The molecule has 132 valence electrons. The van der Waals surface area contributed by atoms with Crippen LogP contribution in [0.4, 0.5) is 0 Å². The van der Waals surface area contributed by atoms with Crippen molar-refractivity contribution in [3.05, 3.63) is 35.4 Å². The number of carbonyl (C=O) groups is 1. The molecule has 4 heteroatoms. The van der Waals surface area contributed by atoms with E-state index in [0.29, 0.717) is 31.5 Å². The molecular formula is C20H30N2O2. The molecule has 4 nitrogen and oxygen atoms in total. The topological polar surface area (TPSA) is 52.6 Å². The first-order valence-corrected chi connectivity index (χ1v) is 9.32. The lowest BCUT2D eigenvalue weighted by atomic mass is 9.88. The molecule has 1 amide bonds. The number of likely N-dealkylation sites (tertiary alicyclic amines) is 1. The maximum absolute atomic E-state index is 12.8. The molecule has 2 fully saturated rings. The number of piperidine rings is 1. The van der Waals surface area contributed by atoms with Crippen molar-refractivity contribution in [3.63, 3.8) is 0 Å². The van der Waals surface area contributed by atoms with Crippen LogP contribution in [0.1, 0.15) is 63.0 Å². The largest absolute Gasteiger partial charge is 0.379 e. The molecule has 2 N–H and O–H groups in total. The van der Waals surface area contributed by atoms with Crippen molar-refractivity contribution in [1.82, 2.24) is 10.2 Å². The van der Waals surface area contributed by atoms with Crippen LogP contribution >= 0.6 is 0 Å². The fraction of sp³-hybridized carbons (Fsp3) is 0.650. The van der Waals surface area contributed by atoms with Crippen molar-refractivity contribution in [1.29, 1.82) is 0 Å². The molecule has 0 bridgehead atoms. The summed E-state index contributed by atoms with van der Waals surface area (Å²) in [7, 11) is 0. The second kappa shape index (κ2) is 7.24.